The van der Waals surface area contributed by atoms with Crippen LogP contribution in [0.25, 0.3) is 0 Å². The van der Waals surface area contributed by atoms with Gasteiger partial charge in [-0.25, -0.2) is 0 Å². The van der Waals surface area contributed by atoms with Gasteiger partial charge in [0.1, 0.15) is 11.5 Å². The largest absolute Gasteiger partial charge is 0.497 e. The van der Waals surface area contributed by atoms with E-state index in [2.05, 4.69) is 10.9 Å². The third kappa shape index (κ3) is 4.51. The predicted molar refractivity (Wildman–Crippen MR) is 109 cm³/mol. The van der Waals surface area contributed by atoms with Crippen LogP contribution in [0.1, 0.15) is 56.9 Å². The Morgan fingerprint density at radius 2 is 1.59 bits per heavy atom. The van der Waals surface area contributed by atoms with Crippen molar-refractivity contribution in [3.63, 3.8) is 0 Å². The number of rotatable bonds is 7. The van der Waals surface area contributed by atoms with E-state index in [4.69, 9.17) is 9.47 Å². The number of nitrogens with one attached hydrogen (secondary N) is 2. The van der Waals surface area contributed by atoms with Gasteiger partial charge in [-0.15, -0.1) is 0 Å². The number of hydrogen-bond acceptors (Lipinski definition) is 4. The summed E-state index contributed by atoms with van der Waals surface area (Å²) >= 11 is 0. The van der Waals surface area contributed by atoms with Crippen LogP contribution < -0.4 is 20.3 Å². The predicted octanol–water partition coefficient (Wildman–Crippen LogP) is 3.39. The van der Waals surface area contributed by atoms with Gasteiger partial charge in [0.2, 0.25) is 11.8 Å². The first-order chi connectivity index (χ1) is 14.0. The van der Waals surface area contributed by atoms with E-state index in [9.17, 15) is 9.59 Å². The lowest BCUT2D eigenvalue weighted by atomic mass is 9.49. The fourth-order valence-corrected chi connectivity index (χ4v) is 6.42. The minimum atomic E-state index is -0.200. The highest BCUT2D eigenvalue weighted by Crippen LogP contribution is 2.61. The fourth-order valence-electron chi connectivity index (χ4n) is 6.42. The molecule has 1 aromatic carbocycles. The summed E-state index contributed by atoms with van der Waals surface area (Å²) in [5, 5.41) is 0. The second-order valence-corrected chi connectivity index (χ2v) is 9.37. The molecule has 0 unspecified atom stereocenters. The van der Waals surface area contributed by atoms with Crippen LogP contribution in [0.5, 0.6) is 11.5 Å². The summed E-state index contributed by atoms with van der Waals surface area (Å²) in [7, 11) is 3.22. The Bertz CT molecular complexity index is 741. The number of methoxy groups -OCH3 is 2. The molecule has 4 bridgehead atoms. The van der Waals surface area contributed by atoms with Crippen molar-refractivity contribution >= 4 is 11.8 Å². The van der Waals surface area contributed by atoms with Gasteiger partial charge in [-0.2, -0.15) is 0 Å². The molecule has 2 amide bonds. The monoisotopic (exact) mass is 400 g/mol. The Hall–Kier alpha value is -2.24. The number of ether oxygens (including phenoxy) is 2. The van der Waals surface area contributed by atoms with Crippen LogP contribution in [0.2, 0.25) is 0 Å². The third-order valence-corrected chi connectivity index (χ3v) is 7.15. The van der Waals surface area contributed by atoms with Gasteiger partial charge in [0.15, 0.2) is 0 Å². The molecular weight excluding hydrogens is 368 g/mol. The van der Waals surface area contributed by atoms with Gasteiger partial charge in [-0.05, 0) is 91.9 Å². The van der Waals surface area contributed by atoms with E-state index in [-0.39, 0.29) is 23.7 Å². The molecule has 29 heavy (non-hydrogen) atoms. The van der Waals surface area contributed by atoms with E-state index in [1.54, 1.807) is 14.2 Å². The molecular formula is C23H32N2O4. The van der Waals surface area contributed by atoms with Crippen molar-refractivity contribution in [3.05, 3.63) is 23.8 Å². The molecule has 2 N–H and O–H groups in total. The number of hydrogen-bond donors (Lipinski definition) is 2. The lowest BCUT2D eigenvalue weighted by Gasteiger charge is -2.56. The van der Waals surface area contributed by atoms with E-state index in [1.165, 1.54) is 38.5 Å². The Labute approximate surface area is 172 Å². The molecule has 0 aliphatic heterocycles. The summed E-state index contributed by atoms with van der Waals surface area (Å²) in [5.41, 5.74) is 6.32. The van der Waals surface area contributed by atoms with Crippen molar-refractivity contribution in [2.24, 2.45) is 23.2 Å². The quantitative estimate of drug-likeness (QED) is 0.688. The zero-order chi connectivity index (χ0) is 20.4. The van der Waals surface area contributed by atoms with E-state index < -0.39 is 0 Å². The van der Waals surface area contributed by atoms with Gasteiger partial charge in [0, 0.05) is 12.8 Å². The number of carbonyl (C=O) groups is 2. The molecule has 0 aromatic heterocycles. The average Bonchev–Trinajstić information content (AvgIpc) is 2.69. The van der Waals surface area contributed by atoms with Crippen LogP contribution in [0.15, 0.2) is 18.2 Å². The normalized spacial score (nSPS) is 29.4. The molecule has 6 nitrogen and oxygen atoms in total. The summed E-state index contributed by atoms with van der Waals surface area (Å²) in [6.45, 7) is 0. The van der Waals surface area contributed by atoms with Gasteiger partial charge in [0.25, 0.3) is 0 Å². The SMILES string of the molecule is COc1ccc(OC)c(CCC(=O)NNC(=O)CC23CC4CC(CC(C4)C2)C3)c1. The molecule has 0 heterocycles. The van der Waals surface area contributed by atoms with Crippen molar-refractivity contribution in [2.75, 3.05) is 14.2 Å². The Kier molecular flexibility index (Phi) is 5.70. The number of hydrazine groups is 1. The Morgan fingerprint density at radius 1 is 0.966 bits per heavy atom. The maximum absolute atomic E-state index is 12.5. The number of benzene rings is 1. The molecule has 5 rings (SSSR count). The van der Waals surface area contributed by atoms with Gasteiger partial charge in [0.05, 0.1) is 14.2 Å². The first-order valence-corrected chi connectivity index (χ1v) is 10.8. The first kappa shape index (κ1) is 20.0. The zero-order valence-corrected chi connectivity index (χ0v) is 17.5. The summed E-state index contributed by atoms with van der Waals surface area (Å²) < 4.78 is 10.6. The van der Waals surface area contributed by atoms with Crippen LogP contribution >= 0.6 is 0 Å². The van der Waals surface area contributed by atoms with Crippen LogP contribution in [0.4, 0.5) is 0 Å². The van der Waals surface area contributed by atoms with Crippen molar-refractivity contribution < 1.29 is 19.1 Å². The molecule has 4 fully saturated rings. The summed E-state index contributed by atoms with van der Waals surface area (Å²) in [4.78, 5) is 24.8. The second kappa shape index (κ2) is 8.25. The molecule has 4 aliphatic carbocycles. The minimum Gasteiger partial charge on any atom is -0.497 e. The van der Waals surface area contributed by atoms with E-state index in [0.717, 1.165) is 34.8 Å². The zero-order valence-electron chi connectivity index (χ0n) is 17.5. The van der Waals surface area contributed by atoms with Gasteiger partial charge >= 0.3 is 0 Å². The van der Waals surface area contributed by atoms with Crippen molar-refractivity contribution in [3.8, 4) is 11.5 Å². The van der Waals surface area contributed by atoms with Crippen LogP contribution in [0.3, 0.4) is 0 Å². The Morgan fingerprint density at radius 3 is 2.17 bits per heavy atom. The fraction of sp³-hybridized carbons (Fsp3) is 0.652. The first-order valence-electron chi connectivity index (χ1n) is 10.8. The smallest absolute Gasteiger partial charge is 0.238 e. The molecule has 0 radical (unpaired) electrons. The van der Waals surface area contributed by atoms with E-state index >= 15 is 0 Å². The standard InChI is InChI=1S/C23H32N2O4/c1-28-19-4-5-20(29-2)18(10-19)3-6-21(26)24-25-22(27)14-23-11-15-7-16(12-23)9-17(8-15)13-23/h4-5,10,15-17H,3,6-9,11-14H2,1-2H3,(H,24,26)(H,25,27). The van der Waals surface area contributed by atoms with Gasteiger partial charge in [-0.3, -0.25) is 20.4 Å². The van der Waals surface area contributed by atoms with Crippen LogP contribution in [-0.2, 0) is 16.0 Å². The molecule has 1 aromatic rings. The van der Waals surface area contributed by atoms with Crippen molar-refractivity contribution in [2.45, 2.75) is 57.8 Å². The lowest BCUT2D eigenvalue weighted by molar-refractivity contribution is -0.134. The van der Waals surface area contributed by atoms with Crippen LogP contribution in [0, 0.1) is 23.2 Å². The molecule has 0 atom stereocenters. The summed E-state index contributed by atoms with van der Waals surface area (Å²) in [6.07, 6.45) is 8.99. The second-order valence-electron chi connectivity index (χ2n) is 9.37. The van der Waals surface area contributed by atoms with Crippen LogP contribution in [-0.4, -0.2) is 26.0 Å². The summed E-state index contributed by atoms with van der Waals surface area (Å²) in [5.74, 6) is 3.66. The highest BCUT2D eigenvalue weighted by atomic mass is 16.5. The number of carbonyl (C=O) groups excluding carboxylic acids is 2. The highest BCUT2D eigenvalue weighted by Gasteiger charge is 2.51. The lowest BCUT2D eigenvalue weighted by Crippen LogP contribution is -2.50. The number of aryl methyl sites for hydroxylation is 1. The maximum atomic E-state index is 12.5. The van der Waals surface area contributed by atoms with Crippen molar-refractivity contribution in [1.82, 2.24) is 10.9 Å². The highest BCUT2D eigenvalue weighted by molar-refractivity contribution is 5.82. The minimum absolute atomic E-state index is 0.0562. The topological polar surface area (TPSA) is 76.7 Å². The van der Waals surface area contributed by atoms with E-state index in [0.29, 0.717) is 12.8 Å². The third-order valence-electron chi connectivity index (χ3n) is 7.15. The maximum Gasteiger partial charge on any atom is 0.238 e. The van der Waals surface area contributed by atoms with E-state index in [1.807, 2.05) is 18.2 Å². The van der Waals surface area contributed by atoms with Gasteiger partial charge < -0.3 is 9.47 Å². The molecule has 6 heteroatoms. The molecule has 4 saturated carbocycles. The summed E-state index contributed by atoms with van der Waals surface area (Å²) in [6, 6.07) is 5.53. The molecule has 0 spiro atoms. The van der Waals surface area contributed by atoms with Crippen molar-refractivity contribution in [1.29, 1.82) is 0 Å². The molecule has 0 saturated heterocycles. The molecule has 4 aliphatic rings. The Balaban J connectivity index is 1.24. The number of amides is 2. The average molecular weight is 401 g/mol. The molecule has 158 valence electrons. The van der Waals surface area contributed by atoms with Gasteiger partial charge in [-0.1, -0.05) is 0 Å².